The molecule has 0 aliphatic carbocycles. The van der Waals surface area contributed by atoms with E-state index in [2.05, 4.69) is 50.4 Å². The van der Waals surface area contributed by atoms with Gasteiger partial charge in [0.2, 0.25) is 11.8 Å². The molecule has 0 aliphatic rings. The number of carbonyl (C=O) groups is 2. The molecule has 0 unspecified atom stereocenters. The van der Waals surface area contributed by atoms with E-state index in [9.17, 15) is 9.59 Å². The molecule has 0 bridgehead atoms. The molecule has 2 aromatic carbocycles. The maximum absolute atomic E-state index is 13.2. The van der Waals surface area contributed by atoms with E-state index in [1.54, 1.807) is 4.90 Å². The van der Waals surface area contributed by atoms with Crippen LogP contribution in [-0.2, 0) is 28.0 Å². The first-order valence-corrected chi connectivity index (χ1v) is 11.0. The van der Waals surface area contributed by atoms with Gasteiger partial charge in [0.05, 0.1) is 0 Å². The fourth-order valence-electron chi connectivity index (χ4n) is 3.56. The quantitative estimate of drug-likeness (QED) is 0.644. The van der Waals surface area contributed by atoms with Gasteiger partial charge in [-0.1, -0.05) is 82.3 Å². The van der Waals surface area contributed by atoms with Gasteiger partial charge in [0.25, 0.3) is 0 Å². The van der Waals surface area contributed by atoms with Crippen LogP contribution >= 0.6 is 0 Å². The Labute approximate surface area is 181 Å². The molecule has 162 valence electrons. The lowest BCUT2D eigenvalue weighted by molar-refractivity contribution is -0.141. The maximum Gasteiger partial charge on any atom is 0.242 e. The summed E-state index contributed by atoms with van der Waals surface area (Å²) in [4.78, 5) is 27.6. The van der Waals surface area contributed by atoms with Gasteiger partial charge in [0, 0.05) is 19.5 Å². The molecule has 2 aromatic rings. The Morgan fingerprint density at radius 2 is 1.57 bits per heavy atom. The molecule has 2 rings (SSSR count). The zero-order valence-corrected chi connectivity index (χ0v) is 19.1. The van der Waals surface area contributed by atoms with Crippen LogP contribution in [0.5, 0.6) is 0 Å². The van der Waals surface area contributed by atoms with Crippen molar-refractivity contribution in [1.29, 1.82) is 0 Å². The van der Waals surface area contributed by atoms with Crippen LogP contribution in [0.4, 0.5) is 0 Å². The Morgan fingerprint density at radius 3 is 2.10 bits per heavy atom. The molecule has 0 saturated carbocycles. The third-order valence-electron chi connectivity index (χ3n) is 5.38. The molecule has 4 heteroatoms. The first-order valence-electron chi connectivity index (χ1n) is 11.0. The molecular formula is C26H36N2O2. The monoisotopic (exact) mass is 408 g/mol. The van der Waals surface area contributed by atoms with E-state index in [4.69, 9.17) is 0 Å². The van der Waals surface area contributed by atoms with Gasteiger partial charge in [0.1, 0.15) is 6.04 Å². The highest BCUT2D eigenvalue weighted by atomic mass is 16.2. The van der Waals surface area contributed by atoms with Crippen molar-refractivity contribution < 1.29 is 9.59 Å². The summed E-state index contributed by atoms with van der Waals surface area (Å²) in [6.45, 7) is 11.4. The molecule has 2 amide bonds. The highest BCUT2D eigenvalue weighted by Crippen LogP contribution is 2.23. The van der Waals surface area contributed by atoms with E-state index < -0.39 is 6.04 Å². The number of nitrogens with one attached hydrogen (secondary N) is 1. The third-order valence-corrected chi connectivity index (χ3v) is 5.38. The van der Waals surface area contributed by atoms with Gasteiger partial charge in [-0.3, -0.25) is 9.59 Å². The molecule has 0 fully saturated rings. The van der Waals surface area contributed by atoms with Crippen LogP contribution < -0.4 is 5.32 Å². The number of nitrogens with zero attached hydrogens (tertiary/aromatic N) is 1. The summed E-state index contributed by atoms with van der Waals surface area (Å²) in [6.07, 6.45) is 1.64. The summed E-state index contributed by atoms with van der Waals surface area (Å²) < 4.78 is 0. The predicted molar refractivity (Wildman–Crippen MR) is 123 cm³/mol. The molecule has 0 heterocycles. The Balaban J connectivity index is 2.14. The number of rotatable bonds is 9. The molecule has 1 atom stereocenters. The van der Waals surface area contributed by atoms with Gasteiger partial charge >= 0.3 is 0 Å². The Hall–Kier alpha value is -2.62. The number of amides is 2. The summed E-state index contributed by atoms with van der Waals surface area (Å²) in [7, 11) is 0. The number of carbonyl (C=O) groups excluding carboxylic acids is 2. The van der Waals surface area contributed by atoms with Crippen molar-refractivity contribution in [3.63, 3.8) is 0 Å². The van der Waals surface area contributed by atoms with Crippen LogP contribution in [-0.4, -0.2) is 29.3 Å². The van der Waals surface area contributed by atoms with Gasteiger partial charge in [-0.15, -0.1) is 0 Å². The number of likely N-dealkylation sites (N-methyl/N-ethyl adjacent to an activating group) is 1. The second-order valence-electron chi connectivity index (χ2n) is 8.77. The number of hydrogen-bond acceptors (Lipinski definition) is 2. The van der Waals surface area contributed by atoms with Crippen molar-refractivity contribution in [2.75, 3.05) is 6.54 Å². The first-order chi connectivity index (χ1) is 14.3. The van der Waals surface area contributed by atoms with Gasteiger partial charge in [0.15, 0.2) is 0 Å². The van der Waals surface area contributed by atoms with E-state index >= 15 is 0 Å². The average molecular weight is 409 g/mol. The topological polar surface area (TPSA) is 49.4 Å². The van der Waals surface area contributed by atoms with E-state index in [1.807, 2.05) is 44.2 Å². The summed E-state index contributed by atoms with van der Waals surface area (Å²) in [6, 6.07) is 17.9. The zero-order chi connectivity index (χ0) is 22.1. The Morgan fingerprint density at radius 1 is 0.933 bits per heavy atom. The van der Waals surface area contributed by atoms with Crippen molar-refractivity contribution in [3.8, 4) is 0 Å². The van der Waals surface area contributed by atoms with Crippen LogP contribution in [0.2, 0.25) is 0 Å². The van der Waals surface area contributed by atoms with Crippen molar-refractivity contribution in [2.45, 2.75) is 71.9 Å². The smallest absolute Gasteiger partial charge is 0.242 e. The minimum Gasteiger partial charge on any atom is -0.355 e. The minimum absolute atomic E-state index is 0.0110. The number of benzene rings is 2. The average Bonchev–Trinajstić information content (AvgIpc) is 2.72. The van der Waals surface area contributed by atoms with E-state index in [-0.39, 0.29) is 17.2 Å². The lowest BCUT2D eigenvalue weighted by atomic mass is 9.86. The van der Waals surface area contributed by atoms with Gasteiger partial charge in [-0.2, -0.15) is 0 Å². The Kier molecular flexibility index (Phi) is 8.64. The lowest BCUT2D eigenvalue weighted by Crippen LogP contribution is -2.49. The Bertz CT molecular complexity index is 807. The van der Waals surface area contributed by atoms with Crippen LogP contribution in [0.3, 0.4) is 0 Å². The second kappa shape index (κ2) is 11.0. The van der Waals surface area contributed by atoms with E-state index in [1.165, 1.54) is 5.56 Å². The summed E-state index contributed by atoms with van der Waals surface area (Å²) in [5.41, 5.74) is 3.57. The molecule has 0 saturated heterocycles. The van der Waals surface area contributed by atoms with Crippen LogP contribution in [0.25, 0.3) is 0 Å². The number of aryl methyl sites for hydroxylation is 1. The van der Waals surface area contributed by atoms with Gasteiger partial charge in [-0.25, -0.2) is 0 Å². The summed E-state index contributed by atoms with van der Waals surface area (Å²) in [5, 5.41) is 2.88. The van der Waals surface area contributed by atoms with Crippen LogP contribution in [0.1, 0.15) is 64.2 Å². The molecule has 1 N–H and O–H groups in total. The standard InChI is InChI=1S/C26H36N2O2/c1-6-23(25(30)27-7-2)28(19-21-11-9-8-10-12-21)24(29)18-15-20-13-16-22(17-14-20)26(3,4)5/h8-14,16-17,23H,6-7,15,18-19H2,1-5H3,(H,27,30)/t23-/m0/s1. The molecule has 0 spiro atoms. The van der Waals surface area contributed by atoms with Crippen LogP contribution in [0, 0.1) is 0 Å². The fraction of sp³-hybridized carbons (Fsp3) is 0.462. The van der Waals surface area contributed by atoms with E-state index in [0.29, 0.717) is 32.4 Å². The summed E-state index contributed by atoms with van der Waals surface area (Å²) in [5.74, 6) is -0.0735. The zero-order valence-electron chi connectivity index (χ0n) is 19.1. The highest BCUT2D eigenvalue weighted by Gasteiger charge is 2.28. The van der Waals surface area contributed by atoms with Crippen molar-refractivity contribution in [2.24, 2.45) is 0 Å². The normalized spacial score (nSPS) is 12.3. The predicted octanol–water partition coefficient (Wildman–Crippen LogP) is 4.86. The first kappa shape index (κ1) is 23.7. The van der Waals surface area contributed by atoms with Gasteiger partial charge < -0.3 is 10.2 Å². The third kappa shape index (κ3) is 6.72. The van der Waals surface area contributed by atoms with Crippen LogP contribution in [0.15, 0.2) is 54.6 Å². The molecule has 4 nitrogen and oxygen atoms in total. The second-order valence-corrected chi connectivity index (χ2v) is 8.77. The van der Waals surface area contributed by atoms with Gasteiger partial charge in [-0.05, 0) is 41.9 Å². The highest BCUT2D eigenvalue weighted by molar-refractivity contribution is 5.87. The molecule has 0 radical (unpaired) electrons. The van der Waals surface area contributed by atoms with Crippen molar-refractivity contribution in [3.05, 3.63) is 71.3 Å². The maximum atomic E-state index is 13.2. The van der Waals surface area contributed by atoms with Crippen molar-refractivity contribution >= 4 is 11.8 Å². The molecule has 0 aliphatic heterocycles. The van der Waals surface area contributed by atoms with Crippen molar-refractivity contribution in [1.82, 2.24) is 10.2 Å². The van der Waals surface area contributed by atoms with E-state index in [0.717, 1.165) is 11.1 Å². The lowest BCUT2D eigenvalue weighted by Gasteiger charge is -2.30. The SMILES string of the molecule is CCNC(=O)[C@H](CC)N(Cc1ccccc1)C(=O)CCc1ccc(C(C)(C)C)cc1. The minimum atomic E-state index is -0.457. The molecule has 0 aromatic heterocycles. The largest absolute Gasteiger partial charge is 0.355 e. The molecular weight excluding hydrogens is 372 g/mol. The molecule has 30 heavy (non-hydrogen) atoms. The fourth-order valence-corrected chi connectivity index (χ4v) is 3.56. The number of hydrogen-bond donors (Lipinski definition) is 1. The summed E-state index contributed by atoms with van der Waals surface area (Å²) >= 11 is 0.